The number of rotatable bonds is 6. The van der Waals surface area contributed by atoms with Crippen molar-refractivity contribution in [2.24, 2.45) is 5.92 Å². The van der Waals surface area contributed by atoms with E-state index >= 15 is 0 Å². The Balaban J connectivity index is 2.35. The smallest absolute Gasteiger partial charge is 0.338 e. The first-order chi connectivity index (χ1) is 11.8. The van der Waals surface area contributed by atoms with Gasteiger partial charge in [0.2, 0.25) is 0 Å². The van der Waals surface area contributed by atoms with Gasteiger partial charge in [0.1, 0.15) is 0 Å². The molecule has 7 nitrogen and oxygen atoms in total. The number of thiophene rings is 1. The van der Waals surface area contributed by atoms with Crippen LogP contribution in [0.3, 0.4) is 0 Å². The van der Waals surface area contributed by atoms with Gasteiger partial charge in [-0.05, 0) is 23.4 Å². The van der Waals surface area contributed by atoms with Gasteiger partial charge in [0.05, 0.1) is 23.6 Å². The van der Waals surface area contributed by atoms with Crippen LogP contribution in [0.25, 0.3) is 0 Å². The molecule has 1 aromatic carbocycles. The Morgan fingerprint density at radius 1 is 1.24 bits per heavy atom. The fourth-order valence-electron chi connectivity index (χ4n) is 2.34. The minimum absolute atomic E-state index is 0.0387. The summed E-state index contributed by atoms with van der Waals surface area (Å²) in [6.45, 7) is 3.94. The molecule has 0 saturated heterocycles. The first-order valence-electron chi connectivity index (χ1n) is 7.55. The number of ether oxygens (including phenoxy) is 1. The molecule has 0 unspecified atom stereocenters. The van der Waals surface area contributed by atoms with Gasteiger partial charge < -0.3 is 10.1 Å². The minimum Gasteiger partial charge on any atom is -0.465 e. The van der Waals surface area contributed by atoms with Gasteiger partial charge in [-0.25, -0.2) is 4.79 Å². The molecule has 1 heterocycles. The van der Waals surface area contributed by atoms with Crippen LogP contribution in [0.2, 0.25) is 0 Å². The molecular formula is C17H18N2O5S. The maximum Gasteiger partial charge on any atom is 0.338 e. The van der Waals surface area contributed by atoms with Crippen LogP contribution < -0.4 is 5.32 Å². The van der Waals surface area contributed by atoms with Gasteiger partial charge in [0.15, 0.2) is 0 Å². The third-order valence-corrected chi connectivity index (χ3v) is 4.57. The number of nitrogens with one attached hydrogen (secondary N) is 1. The third kappa shape index (κ3) is 4.42. The van der Waals surface area contributed by atoms with E-state index in [-0.39, 0.29) is 28.8 Å². The SMILES string of the molecule is COC(=O)c1cc(C(=O)N[C@H](c2cccs2)C(C)C)cc([N+](=O)[O-])c1. The molecule has 0 aliphatic heterocycles. The topological polar surface area (TPSA) is 98.5 Å². The zero-order chi connectivity index (χ0) is 18.6. The zero-order valence-corrected chi connectivity index (χ0v) is 14.8. The van der Waals surface area contributed by atoms with Crippen LogP contribution >= 0.6 is 11.3 Å². The molecule has 0 radical (unpaired) electrons. The number of benzene rings is 1. The second kappa shape index (κ2) is 7.89. The number of nitro benzene ring substituents is 1. The maximum absolute atomic E-state index is 12.6. The summed E-state index contributed by atoms with van der Waals surface area (Å²) in [5.74, 6) is -1.10. The minimum atomic E-state index is -0.739. The summed E-state index contributed by atoms with van der Waals surface area (Å²) in [6, 6.07) is 7.11. The third-order valence-electron chi connectivity index (χ3n) is 3.61. The van der Waals surface area contributed by atoms with E-state index in [1.165, 1.54) is 24.5 Å². The van der Waals surface area contributed by atoms with Gasteiger partial charge in [0, 0.05) is 22.6 Å². The monoisotopic (exact) mass is 362 g/mol. The van der Waals surface area contributed by atoms with Gasteiger partial charge in [-0.1, -0.05) is 19.9 Å². The molecule has 25 heavy (non-hydrogen) atoms. The van der Waals surface area contributed by atoms with Gasteiger partial charge in [-0.3, -0.25) is 14.9 Å². The highest BCUT2D eigenvalue weighted by Gasteiger charge is 2.23. The van der Waals surface area contributed by atoms with Crippen molar-refractivity contribution in [1.82, 2.24) is 5.32 Å². The van der Waals surface area contributed by atoms with E-state index in [1.807, 2.05) is 31.4 Å². The average Bonchev–Trinajstić information content (AvgIpc) is 3.12. The first kappa shape index (κ1) is 18.6. The molecule has 0 fully saturated rings. The van der Waals surface area contributed by atoms with Gasteiger partial charge in [0.25, 0.3) is 11.6 Å². The molecule has 2 aromatic rings. The fourth-order valence-corrected chi connectivity index (χ4v) is 3.29. The van der Waals surface area contributed by atoms with Crippen molar-refractivity contribution in [2.75, 3.05) is 7.11 Å². The highest BCUT2D eigenvalue weighted by atomic mass is 32.1. The molecule has 8 heteroatoms. The Hall–Kier alpha value is -2.74. The summed E-state index contributed by atoms with van der Waals surface area (Å²) in [5, 5.41) is 15.9. The number of non-ortho nitro benzene ring substituents is 1. The quantitative estimate of drug-likeness (QED) is 0.481. The average molecular weight is 362 g/mol. The Kier molecular flexibility index (Phi) is 5.87. The summed E-state index contributed by atoms with van der Waals surface area (Å²) >= 11 is 1.52. The van der Waals surface area contributed by atoms with Crippen LogP contribution in [0.4, 0.5) is 5.69 Å². The number of carbonyl (C=O) groups is 2. The predicted octanol–water partition coefficient (Wildman–Crippen LogP) is 3.57. The van der Waals surface area contributed by atoms with Crippen molar-refractivity contribution in [3.8, 4) is 0 Å². The second-order valence-corrected chi connectivity index (χ2v) is 6.71. The number of methoxy groups -OCH3 is 1. The predicted molar refractivity (Wildman–Crippen MR) is 93.8 cm³/mol. The molecule has 132 valence electrons. The lowest BCUT2D eigenvalue weighted by Gasteiger charge is -2.21. The van der Waals surface area contributed by atoms with Crippen molar-refractivity contribution in [1.29, 1.82) is 0 Å². The summed E-state index contributed by atoms with van der Waals surface area (Å²) in [7, 11) is 1.17. The van der Waals surface area contributed by atoms with Crippen molar-refractivity contribution in [3.63, 3.8) is 0 Å². The molecule has 0 aliphatic rings. The van der Waals surface area contributed by atoms with Crippen LogP contribution in [0.5, 0.6) is 0 Å². The summed E-state index contributed by atoms with van der Waals surface area (Å²) in [5.41, 5.74) is -0.346. The van der Waals surface area contributed by atoms with Crippen LogP contribution in [0.1, 0.15) is 45.5 Å². The molecule has 2 rings (SSSR count). The Morgan fingerprint density at radius 2 is 1.92 bits per heavy atom. The lowest BCUT2D eigenvalue weighted by Crippen LogP contribution is -2.31. The van der Waals surface area contributed by atoms with Crippen molar-refractivity contribution in [2.45, 2.75) is 19.9 Å². The van der Waals surface area contributed by atoms with Gasteiger partial charge in [-0.15, -0.1) is 11.3 Å². The molecule has 0 saturated carbocycles. The number of nitro groups is 1. The number of hydrogen-bond donors (Lipinski definition) is 1. The van der Waals surface area contributed by atoms with E-state index in [2.05, 4.69) is 10.1 Å². The molecule has 1 atom stereocenters. The van der Waals surface area contributed by atoms with Crippen LogP contribution in [0.15, 0.2) is 35.7 Å². The fraction of sp³-hybridized carbons (Fsp3) is 0.294. The van der Waals surface area contributed by atoms with Crippen molar-refractivity contribution >= 4 is 28.9 Å². The maximum atomic E-state index is 12.6. The highest BCUT2D eigenvalue weighted by molar-refractivity contribution is 7.10. The van der Waals surface area contributed by atoms with E-state index in [0.717, 1.165) is 17.0 Å². The van der Waals surface area contributed by atoms with Gasteiger partial charge in [-0.2, -0.15) is 0 Å². The summed E-state index contributed by atoms with van der Waals surface area (Å²) < 4.78 is 4.59. The van der Waals surface area contributed by atoms with Crippen LogP contribution in [-0.2, 0) is 4.74 Å². The van der Waals surface area contributed by atoms with Crippen molar-refractivity contribution in [3.05, 3.63) is 61.8 Å². The van der Waals surface area contributed by atoms with E-state index < -0.39 is 16.8 Å². The summed E-state index contributed by atoms with van der Waals surface area (Å²) in [4.78, 5) is 35.7. The molecule has 0 aliphatic carbocycles. The van der Waals surface area contributed by atoms with E-state index in [1.54, 1.807) is 0 Å². The molecule has 1 aromatic heterocycles. The lowest BCUT2D eigenvalue weighted by atomic mass is 10.0. The van der Waals surface area contributed by atoms with E-state index in [0.29, 0.717) is 0 Å². The number of hydrogen-bond acceptors (Lipinski definition) is 6. The Morgan fingerprint density at radius 3 is 2.44 bits per heavy atom. The summed E-state index contributed by atoms with van der Waals surface area (Å²) in [6.07, 6.45) is 0. The molecule has 1 N–H and O–H groups in total. The Labute approximate surface area is 148 Å². The number of carbonyl (C=O) groups excluding carboxylic acids is 2. The van der Waals surface area contributed by atoms with Crippen LogP contribution in [0, 0.1) is 16.0 Å². The number of nitrogens with zero attached hydrogens (tertiary/aromatic N) is 1. The lowest BCUT2D eigenvalue weighted by molar-refractivity contribution is -0.384. The molecular weight excluding hydrogens is 344 g/mol. The highest BCUT2D eigenvalue weighted by Crippen LogP contribution is 2.27. The standard InChI is InChI=1S/C17H18N2O5S/c1-10(2)15(14-5-4-6-25-14)18-16(20)11-7-12(17(21)24-3)9-13(8-11)19(22)23/h4-10,15H,1-3H3,(H,18,20)/t15-/m0/s1. The van der Waals surface area contributed by atoms with E-state index in [9.17, 15) is 19.7 Å². The first-order valence-corrected chi connectivity index (χ1v) is 8.43. The number of amides is 1. The van der Waals surface area contributed by atoms with Crippen molar-refractivity contribution < 1.29 is 19.2 Å². The number of esters is 1. The molecule has 1 amide bonds. The molecule has 0 spiro atoms. The molecule has 0 bridgehead atoms. The Bertz CT molecular complexity index is 786. The normalized spacial score (nSPS) is 11.8. The van der Waals surface area contributed by atoms with E-state index in [4.69, 9.17) is 0 Å². The zero-order valence-electron chi connectivity index (χ0n) is 14.0. The van der Waals surface area contributed by atoms with Gasteiger partial charge >= 0.3 is 5.97 Å². The van der Waals surface area contributed by atoms with Crippen LogP contribution in [-0.4, -0.2) is 23.9 Å². The second-order valence-electron chi connectivity index (χ2n) is 5.73. The largest absolute Gasteiger partial charge is 0.465 e.